The third-order valence-corrected chi connectivity index (χ3v) is 3.98. The van der Waals surface area contributed by atoms with Gasteiger partial charge in [-0.15, -0.1) is 0 Å². The molecule has 0 saturated carbocycles. The molecule has 0 aromatic heterocycles. The molecule has 1 atom stereocenters. The average Bonchev–Trinajstić information content (AvgIpc) is 2.89. The molecule has 2 aromatic rings. The van der Waals surface area contributed by atoms with E-state index in [1.165, 1.54) is 6.92 Å². The number of nitrogens with one attached hydrogen (secondary N) is 1. The molecular formula is C17H15ClN2O2. The summed E-state index contributed by atoms with van der Waals surface area (Å²) in [6.45, 7) is 1.48. The summed E-state index contributed by atoms with van der Waals surface area (Å²) in [4.78, 5) is 26.1. The summed E-state index contributed by atoms with van der Waals surface area (Å²) in [6, 6.07) is 14.0. The van der Waals surface area contributed by atoms with Crippen LogP contribution in [-0.2, 0) is 16.0 Å². The Morgan fingerprint density at radius 1 is 1.14 bits per heavy atom. The fourth-order valence-corrected chi connectivity index (χ4v) is 2.87. The maximum Gasteiger partial charge on any atom is 0.247 e. The van der Waals surface area contributed by atoms with E-state index in [1.807, 2.05) is 24.3 Å². The summed E-state index contributed by atoms with van der Waals surface area (Å²) in [7, 11) is 0. The molecule has 0 unspecified atom stereocenters. The van der Waals surface area contributed by atoms with Crippen LogP contribution in [0, 0.1) is 0 Å². The van der Waals surface area contributed by atoms with Gasteiger partial charge in [-0.1, -0.05) is 29.8 Å². The second-order valence-electron chi connectivity index (χ2n) is 5.23. The van der Waals surface area contributed by atoms with E-state index in [-0.39, 0.29) is 11.8 Å². The van der Waals surface area contributed by atoms with Gasteiger partial charge in [-0.2, -0.15) is 0 Å². The van der Waals surface area contributed by atoms with Crippen LogP contribution in [-0.4, -0.2) is 17.9 Å². The second-order valence-corrected chi connectivity index (χ2v) is 5.67. The van der Waals surface area contributed by atoms with Gasteiger partial charge in [0.15, 0.2) is 0 Å². The van der Waals surface area contributed by atoms with Crippen molar-refractivity contribution in [2.45, 2.75) is 19.4 Å². The number of carbonyl (C=O) groups excluding carboxylic acids is 2. The monoisotopic (exact) mass is 314 g/mol. The van der Waals surface area contributed by atoms with Crippen LogP contribution in [0.25, 0.3) is 0 Å². The third kappa shape index (κ3) is 2.70. The number of anilines is 2. The van der Waals surface area contributed by atoms with Crippen molar-refractivity contribution in [3.8, 4) is 0 Å². The first-order chi connectivity index (χ1) is 10.6. The zero-order valence-corrected chi connectivity index (χ0v) is 12.8. The number of rotatable bonds is 2. The molecule has 22 heavy (non-hydrogen) atoms. The molecule has 1 heterocycles. The first-order valence-corrected chi connectivity index (χ1v) is 7.38. The number of hydrogen-bond donors (Lipinski definition) is 1. The Balaban J connectivity index is 1.83. The van der Waals surface area contributed by atoms with Gasteiger partial charge in [0, 0.05) is 29.7 Å². The molecule has 0 radical (unpaired) electrons. The van der Waals surface area contributed by atoms with Crippen LogP contribution >= 0.6 is 11.6 Å². The van der Waals surface area contributed by atoms with E-state index >= 15 is 0 Å². The topological polar surface area (TPSA) is 49.4 Å². The maximum absolute atomic E-state index is 12.5. The first-order valence-electron chi connectivity index (χ1n) is 7.00. The summed E-state index contributed by atoms with van der Waals surface area (Å²) in [6.07, 6.45) is 0.523. The fourth-order valence-electron chi connectivity index (χ4n) is 2.74. The van der Waals surface area contributed by atoms with Crippen molar-refractivity contribution < 1.29 is 9.59 Å². The van der Waals surface area contributed by atoms with Crippen LogP contribution in [0.3, 0.4) is 0 Å². The Morgan fingerprint density at radius 2 is 1.82 bits per heavy atom. The van der Waals surface area contributed by atoms with Gasteiger partial charge in [0.25, 0.3) is 0 Å². The van der Waals surface area contributed by atoms with Gasteiger partial charge >= 0.3 is 0 Å². The third-order valence-electron chi connectivity index (χ3n) is 3.73. The minimum Gasteiger partial charge on any atom is -0.324 e. The summed E-state index contributed by atoms with van der Waals surface area (Å²) in [5, 5.41) is 3.45. The number of hydrogen-bond acceptors (Lipinski definition) is 2. The lowest BCUT2D eigenvalue weighted by Crippen LogP contribution is -2.44. The highest BCUT2D eigenvalue weighted by Crippen LogP contribution is 2.32. The van der Waals surface area contributed by atoms with Crippen molar-refractivity contribution in [3.63, 3.8) is 0 Å². The largest absolute Gasteiger partial charge is 0.324 e. The van der Waals surface area contributed by atoms with E-state index < -0.39 is 6.04 Å². The van der Waals surface area contributed by atoms with E-state index in [2.05, 4.69) is 5.32 Å². The Bertz CT molecular complexity index is 728. The molecule has 0 aliphatic carbocycles. The maximum atomic E-state index is 12.5. The summed E-state index contributed by atoms with van der Waals surface area (Å²) in [5.74, 6) is -0.338. The number of amides is 2. The first kappa shape index (κ1) is 14.6. The average molecular weight is 315 g/mol. The van der Waals surface area contributed by atoms with E-state index in [0.717, 1.165) is 11.3 Å². The van der Waals surface area contributed by atoms with Crippen LogP contribution in [0.2, 0.25) is 5.02 Å². The zero-order chi connectivity index (χ0) is 15.7. The van der Waals surface area contributed by atoms with Gasteiger partial charge in [-0.05, 0) is 35.9 Å². The van der Waals surface area contributed by atoms with Crippen molar-refractivity contribution in [1.82, 2.24) is 0 Å². The van der Waals surface area contributed by atoms with Crippen molar-refractivity contribution in [1.29, 1.82) is 0 Å². The summed E-state index contributed by atoms with van der Waals surface area (Å²) < 4.78 is 0. The summed E-state index contributed by atoms with van der Waals surface area (Å²) >= 11 is 5.84. The van der Waals surface area contributed by atoms with Gasteiger partial charge in [0.1, 0.15) is 6.04 Å². The SMILES string of the molecule is CC(=O)N1c2ccccc2C[C@@H]1C(=O)Nc1ccc(Cl)cc1. The van der Waals surface area contributed by atoms with Gasteiger partial charge in [0.05, 0.1) is 0 Å². The molecule has 2 aromatic carbocycles. The molecule has 3 rings (SSSR count). The molecule has 0 bridgehead atoms. The smallest absolute Gasteiger partial charge is 0.247 e. The van der Waals surface area contributed by atoms with Crippen LogP contribution in [0.4, 0.5) is 11.4 Å². The minimum absolute atomic E-state index is 0.138. The number of benzene rings is 2. The molecule has 0 saturated heterocycles. The number of halogens is 1. The van der Waals surface area contributed by atoms with Crippen LogP contribution in [0.15, 0.2) is 48.5 Å². The minimum atomic E-state index is -0.523. The van der Waals surface area contributed by atoms with Crippen molar-refractivity contribution >= 4 is 34.8 Å². The second kappa shape index (κ2) is 5.81. The highest BCUT2D eigenvalue weighted by Gasteiger charge is 2.36. The summed E-state index contributed by atoms with van der Waals surface area (Å²) in [5.41, 5.74) is 2.48. The van der Waals surface area contributed by atoms with Gasteiger partial charge in [0.2, 0.25) is 11.8 Å². The van der Waals surface area contributed by atoms with E-state index in [1.54, 1.807) is 29.2 Å². The molecule has 0 spiro atoms. The molecule has 5 heteroatoms. The number of fused-ring (bicyclic) bond motifs is 1. The predicted octanol–water partition coefficient (Wildman–Crippen LogP) is 3.26. The number of nitrogens with zero attached hydrogens (tertiary/aromatic N) is 1. The van der Waals surface area contributed by atoms with Gasteiger partial charge < -0.3 is 5.32 Å². The molecule has 1 N–H and O–H groups in total. The van der Waals surface area contributed by atoms with Crippen molar-refractivity contribution in [3.05, 3.63) is 59.1 Å². The lowest BCUT2D eigenvalue weighted by atomic mass is 10.1. The number of carbonyl (C=O) groups is 2. The van der Waals surface area contributed by atoms with Gasteiger partial charge in [-0.25, -0.2) is 0 Å². The van der Waals surface area contributed by atoms with Crippen molar-refractivity contribution in [2.75, 3.05) is 10.2 Å². The lowest BCUT2D eigenvalue weighted by Gasteiger charge is -2.23. The lowest BCUT2D eigenvalue weighted by molar-refractivity contribution is -0.122. The van der Waals surface area contributed by atoms with E-state index in [0.29, 0.717) is 17.1 Å². The normalized spacial score (nSPS) is 16.3. The molecule has 1 aliphatic rings. The molecule has 112 valence electrons. The van der Waals surface area contributed by atoms with E-state index in [9.17, 15) is 9.59 Å². The van der Waals surface area contributed by atoms with Crippen LogP contribution < -0.4 is 10.2 Å². The standard InChI is InChI=1S/C17H15ClN2O2/c1-11(21)20-15-5-3-2-4-12(15)10-16(20)17(22)19-14-8-6-13(18)7-9-14/h2-9,16H,10H2,1H3,(H,19,22)/t16-/m1/s1. The van der Waals surface area contributed by atoms with Crippen LogP contribution in [0.1, 0.15) is 12.5 Å². The van der Waals surface area contributed by atoms with Crippen LogP contribution in [0.5, 0.6) is 0 Å². The van der Waals surface area contributed by atoms with Crippen molar-refractivity contribution in [2.24, 2.45) is 0 Å². The predicted molar refractivity (Wildman–Crippen MR) is 87.2 cm³/mol. The highest BCUT2D eigenvalue weighted by molar-refractivity contribution is 6.30. The Morgan fingerprint density at radius 3 is 2.50 bits per heavy atom. The zero-order valence-electron chi connectivity index (χ0n) is 12.0. The Labute approximate surface area is 133 Å². The number of para-hydroxylation sites is 1. The fraction of sp³-hybridized carbons (Fsp3) is 0.176. The van der Waals surface area contributed by atoms with Gasteiger partial charge in [-0.3, -0.25) is 14.5 Å². The van der Waals surface area contributed by atoms with E-state index in [4.69, 9.17) is 11.6 Å². The molecule has 2 amide bonds. The molecule has 4 nitrogen and oxygen atoms in total. The Hall–Kier alpha value is -2.33. The highest BCUT2D eigenvalue weighted by atomic mass is 35.5. The Kier molecular flexibility index (Phi) is 3.86. The molecule has 0 fully saturated rings. The molecule has 1 aliphatic heterocycles. The molecular weight excluding hydrogens is 300 g/mol. The quantitative estimate of drug-likeness (QED) is 0.925.